The van der Waals surface area contributed by atoms with Crippen molar-refractivity contribution in [3.63, 3.8) is 0 Å². The summed E-state index contributed by atoms with van der Waals surface area (Å²) >= 11 is 0. The fraction of sp³-hybridized carbons (Fsp3) is 0.400. The molecule has 0 unspecified atom stereocenters. The van der Waals surface area contributed by atoms with Gasteiger partial charge in [-0.15, -0.1) is 0 Å². The first kappa shape index (κ1) is 16.7. The van der Waals surface area contributed by atoms with Crippen molar-refractivity contribution in [1.82, 2.24) is 10.6 Å². The average Bonchev–Trinajstić information content (AvgIpc) is 2.44. The molecule has 0 aliphatic heterocycles. The zero-order valence-electron chi connectivity index (χ0n) is 12.4. The topological polar surface area (TPSA) is 84.5 Å². The van der Waals surface area contributed by atoms with Gasteiger partial charge in [-0.3, -0.25) is 10.1 Å². The first-order valence-electron chi connectivity index (χ1n) is 6.70. The molecule has 0 saturated carbocycles. The molecule has 0 aliphatic rings. The molecule has 6 heteroatoms. The monoisotopic (exact) mass is 292 g/mol. The van der Waals surface area contributed by atoms with Crippen molar-refractivity contribution in [1.29, 1.82) is 0 Å². The molecule has 0 aromatic heterocycles. The molecule has 1 aromatic rings. The Morgan fingerprint density at radius 1 is 1.14 bits per heavy atom. The number of hydrogen-bond donors (Lipinski definition) is 2. The van der Waals surface area contributed by atoms with Crippen molar-refractivity contribution in [3.05, 3.63) is 35.4 Å². The number of imide groups is 1. The van der Waals surface area contributed by atoms with Crippen LogP contribution in [-0.2, 0) is 16.0 Å². The molecule has 1 rings (SSSR count). The van der Waals surface area contributed by atoms with Crippen LogP contribution in [0.4, 0.5) is 4.79 Å². The minimum Gasteiger partial charge on any atom is -0.452 e. The molecule has 0 radical (unpaired) electrons. The number of carbonyl (C=O) groups excluding carboxylic acids is 3. The van der Waals surface area contributed by atoms with Crippen LogP contribution >= 0.6 is 0 Å². The summed E-state index contributed by atoms with van der Waals surface area (Å²) in [5.41, 5.74) is 1.51. The quantitative estimate of drug-likeness (QED) is 0.805. The van der Waals surface area contributed by atoms with Gasteiger partial charge in [-0.1, -0.05) is 26.0 Å². The number of rotatable bonds is 5. The predicted molar refractivity (Wildman–Crippen MR) is 77.9 cm³/mol. The van der Waals surface area contributed by atoms with Gasteiger partial charge in [0.2, 0.25) is 0 Å². The van der Waals surface area contributed by atoms with E-state index in [1.54, 1.807) is 12.1 Å². The summed E-state index contributed by atoms with van der Waals surface area (Å²) in [5.74, 6) is -0.742. The summed E-state index contributed by atoms with van der Waals surface area (Å²) < 4.78 is 4.83. The van der Waals surface area contributed by atoms with E-state index in [0.717, 1.165) is 12.0 Å². The van der Waals surface area contributed by atoms with E-state index in [9.17, 15) is 14.4 Å². The number of ether oxygens (including phenoxy) is 1. The third kappa shape index (κ3) is 6.07. The lowest BCUT2D eigenvalue weighted by Crippen LogP contribution is -2.39. The third-order valence-corrected chi connectivity index (χ3v) is 2.65. The second kappa shape index (κ2) is 8.04. The minimum atomic E-state index is -0.681. The Labute approximate surface area is 123 Å². The Hall–Kier alpha value is -2.37. The van der Waals surface area contributed by atoms with E-state index in [-0.39, 0.29) is 0 Å². The molecular weight excluding hydrogens is 272 g/mol. The van der Waals surface area contributed by atoms with E-state index in [1.165, 1.54) is 7.05 Å². The van der Waals surface area contributed by atoms with E-state index < -0.39 is 24.5 Å². The second-order valence-electron chi connectivity index (χ2n) is 5.00. The predicted octanol–water partition coefficient (Wildman–Crippen LogP) is 1.50. The first-order chi connectivity index (χ1) is 9.92. The zero-order chi connectivity index (χ0) is 15.8. The molecule has 0 atom stereocenters. The van der Waals surface area contributed by atoms with Crippen molar-refractivity contribution >= 4 is 17.9 Å². The fourth-order valence-electron chi connectivity index (χ4n) is 1.69. The highest BCUT2D eigenvalue weighted by atomic mass is 16.5. The van der Waals surface area contributed by atoms with Gasteiger partial charge in [-0.05, 0) is 30.0 Å². The molecule has 0 heterocycles. The second-order valence-corrected chi connectivity index (χ2v) is 5.00. The Kier molecular flexibility index (Phi) is 6.39. The fourth-order valence-corrected chi connectivity index (χ4v) is 1.69. The first-order valence-corrected chi connectivity index (χ1v) is 6.70. The summed E-state index contributed by atoms with van der Waals surface area (Å²) in [6.45, 7) is 3.74. The van der Waals surface area contributed by atoms with Gasteiger partial charge >= 0.3 is 12.0 Å². The van der Waals surface area contributed by atoms with E-state index in [2.05, 4.69) is 19.2 Å². The van der Waals surface area contributed by atoms with Crippen LogP contribution in [0, 0.1) is 5.92 Å². The molecule has 3 amide bonds. The molecule has 2 N–H and O–H groups in total. The van der Waals surface area contributed by atoms with Crippen molar-refractivity contribution in [2.45, 2.75) is 20.3 Å². The number of esters is 1. The number of amides is 3. The Balaban J connectivity index is 2.48. The molecule has 1 aromatic carbocycles. The van der Waals surface area contributed by atoms with E-state index >= 15 is 0 Å². The molecule has 21 heavy (non-hydrogen) atoms. The van der Waals surface area contributed by atoms with Crippen LogP contribution in [0.15, 0.2) is 24.3 Å². The SMILES string of the molecule is CNC(=O)NC(=O)COC(=O)c1ccc(CC(C)C)cc1. The van der Waals surface area contributed by atoms with Crippen molar-refractivity contribution in [2.75, 3.05) is 13.7 Å². The number of carbonyl (C=O) groups is 3. The smallest absolute Gasteiger partial charge is 0.338 e. The van der Waals surface area contributed by atoms with Crippen molar-refractivity contribution in [2.24, 2.45) is 5.92 Å². The highest BCUT2D eigenvalue weighted by Crippen LogP contribution is 2.10. The number of nitrogens with one attached hydrogen (secondary N) is 2. The molecule has 0 bridgehead atoms. The van der Waals surface area contributed by atoms with Gasteiger partial charge in [0.15, 0.2) is 6.61 Å². The molecule has 0 fully saturated rings. The summed E-state index contributed by atoms with van der Waals surface area (Å²) in [5, 5.41) is 4.23. The van der Waals surface area contributed by atoms with Crippen LogP contribution in [-0.4, -0.2) is 31.6 Å². The van der Waals surface area contributed by atoms with Gasteiger partial charge in [0.05, 0.1) is 5.56 Å². The van der Waals surface area contributed by atoms with Gasteiger partial charge in [0.1, 0.15) is 0 Å². The number of benzene rings is 1. The maximum atomic E-state index is 11.7. The largest absolute Gasteiger partial charge is 0.452 e. The Bertz CT molecular complexity index is 509. The molecule has 0 spiro atoms. The molecular formula is C15H20N2O4. The van der Waals surface area contributed by atoms with Gasteiger partial charge < -0.3 is 10.1 Å². The highest BCUT2D eigenvalue weighted by molar-refractivity contribution is 5.96. The van der Waals surface area contributed by atoms with Gasteiger partial charge in [-0.2, -0.15) is 0 Å². The van der Waals surface area contributed by atoms with Crippen molar-refractivity contribution < 1.29 is 19.1 Å². The lowest BCUT2D eigenvalue weighted by Gasteiger charge is -2.07. The molecule has 0 aliphatic carbocycles. The van der Waals surface area contributed by atoms with Crippen LogP contribution in [0.2, 0.25) is 0 Å². The number of urea groups is 1. The Morgan fingerprint density at radius 3 is 2.29 bits per heavy atom. The molecule has 0 saturated heterocycles. The van der Waals surface area contributed by atoms with E-state index in [4.69, 9.17) is 4.74 Å². The van der Waals surface area contributed by atoms with E-state index in [0.29, 0.717) is 11.5 Å². The lowest BCUT2D eigenvalue weighted by molar-refractivity contribution is -0.123. The van der Waals surface area contributed by atoms with Gasteiger partial charge in [0, 0.05) is 7.05 Å². The maximum absolute atomic E-state index is 11.7. The van der Waals surface area contributed by atoms with Gasteiger partial charge in [0.25, 0.3) is 5.91 Å². The maximum Gasteiger partial charge on any atom is 0.338 e. The van der Waals surface area contributed by atoms with Crippen LogP contribution in [0.1, 0.15) is 29.8 Å². The van der Waals surface area contributed by atoms with Crippen LogP contribution in [0.3, 0.4) is 0 Å². The van der Waals surface area contributed by atoms with E-state index in [1.807, 2.05) is 17.4 Å². The Morgan fingerprint density at radius 2 is 1.76 bits per heavy atom. The standard InChI is InChI=1S/C15H20N2O4/c1-10(2)8-11-4-6-12(7-5-11)14(19)21-9-13(18)17-15(20)16-3/h4-7,10H,8-9H2,1-3H3,(H2,16,17,18,20). The van der Waals surface area contributed by atoms with Gasteiger partial charge in [-0.25, -0.2) is 9.59 Å². The minimum absolute atomic E-state index is 0.371. The summed E-state index contributed by atoms with van der Waals surface area (Å²) in [7, 11) is 1.38. The normalized spacial score (nSPS) is 10.1. The average molecular weight is 292 g/mol. The van der Waals surface area contributed by atoms with Crippen LogP contribution in [0.25, 0.3) is 0 Å². The highest BCUT2D eigenvalue weighted by Gasteiger charge is 2.11. The molecule has 114 valence electrons. The summed E-state index contributed by atoms with van der Waals surface area (Å²) in [4.78, 5) is 33.9. The van der Waals surface area contributed by atoms with Crippen molar-refractivity contribution in [3.8, 4) is 0 Å². The van der Waals surface area contributed by atoms with Crippen LogP contribution < -0.4 is 10.6 Å². The third-order valence-electron chi connectivity index (χ3n) is 2.65. The van der Waals surface area contributed by atoms with Crippen LogP contribution in [0.5, 0.6) is 0 Å². The number of hydrogen-bond acceptors (Lipinski definition) is 4. The zero-order valence-corrected chi connectivity index (χ0v) is 12.4. The molecule has 6 nitrogen and oxygen atoms in total. The summed E-state index contributed by atoms with van der Waals surface area (Å²) in [6.07, 6.45) is 0.934. The lowest BCUT2D eigenvalue weighted by atomic mass is 10.0. The summed E-state index contributed by atoms with van der Waals surface area (Å²) in [6, 6.07) is 6.41.